The third-order valence-electron chi connectivity index (χ3n) is 6.85. The highest BCUT2D eigenvalue weighted by molar-refractivity contribution is 7.90. The van der Waals surface area contributed by atoms with Gasteiger partial charge < -0.3 is 30.0 Å². The van der Waals surface area contributed by atoms with Crippen LogP contribution in [0.5, 0.6) is 0 Å². The third-order valence-corrected chi connectivity index (χ3v) is 11.9. The molecule has 0 unspecified atom stereocenters. The van der Waals surface area contributed by atoms with Gasteiger partial charge in [0.2, 0.25) is 20.0 Å². The summed E-state index contributed by atoms with van der Waals surface area (Å²) in [6, 6.07) is 1.77. The molecule has 2 aromatic rings. The summed E-state index contributed by atoms with van der Waals surface area (Å²) in [4.78, 5) is 36.1. The van der Waals surface area contributed by atoms with E-state index in [0.29, 0.717) is 4.88 Å². The maximum atomic E-state index is 12.6. The Kier molecular flexibility index (Phi) is 20.6. The summed E-state index contributed by atoms with van der Waals surface area (Å²) < 4.78 is 70.2. The molecule has 15 nitrogen and oxygen atoms in total. The van der Waals surface area contributed by atoms with Crippen LogP contribution in [0.15, 0.2) is 32.7 Å². The molecule has 5 N–H and O–H groups in total. The molecule has 19 heteroatoms. The van der Waals surface area contributed by atoms with Crippen molar-refractivity contribution in [2.24, 2.45) is 10.8 Å². The molecule has 0 spiro atoms. The average Bonchev–Trinajstić information content (AvgIpc) is 3.65. The minimum atomic E-state index is -3.96. The van der Waals surface area contributed by atoms with Gasteiger partial charge in [-0.15, -0.1) is 22.7 Å². The van der Waals surface area contributed by atoms with Crippen molar-refractivity contribution in [2.45, 2.75) is 138 Å². The van der Waals surface area contributed by atoms with Crippen molar-refractivity contribution in [2.75, 3.05) is 20.2 Å². The highest BCUT2D eigenvalue weighted by atomic mass is 32.2. The van der Waals surface area contributed by atoms with E-state index in [9.17, 15) is 36.3 Å². The number of aliphatic hydroxyl groups excluding tert-OH is 1. The monoisotopic (exact) mass is 844 g/mol. The molecule has 0 bridgehead atoms. The van der Waals surface area contributed by atoms with Gasteiger partial charge in [0.15, 0.2) is 0 Å². The topological polar surface area (TPSA) is 216 Å². The van der Waals surface area contributed by atoms with Gasteiger partial charge >= 0.3 is 18.2 Å². The second kappa shape index (κ2) is 20.9. The minimum Gasteiger partial charge on any atom is -0.465 e. The minimum absolute atomic E-state index is 0. The fourth-order valence-electron chi connectivity index (χ4n) is 4.02. The van der Waals surface area contributed by atoms with E-state index in [4.69, 9.17) is 9.47 Å². The van der Waals surface area contributed by atoms with Gasteiger partial charge in [-0.3, -0.25) is 0 Å². The molecule has 2 aromatic heterocycles. The summed E-state index contributed by atoms with van der Waals surface area (Å²) in [5, 5.41) is 17.8. The average molecular weight is 845 g/mol. The van der Waals surface area contributed by atoms with E-state index in [2.05, 4.69) is 24.8 Å². The molecule has 0 radical (unpaired) electrons. The van der Waals surface area contributed by atoms with Crippen LogP contribution in [0, 0.1) is 10.8 Å². The first kappa shape index (κ1) is 53.3. The predicted molar refractivity (Wildman–Crippen MR) is 215 cm³/mol. The maximum absolute atomic E-state index is 12.6. The Balaban J connectivity index is 0. The normalized spacial score (nSPS) is 13.4. The van der Waals surface area contributed by atoms with Gasteiger partial charge in [-0.1, -0.05) is 56.4 Å². The Labute approximate surface area is 331 Å². The highest BCUT2D eigenvalue weighted by Crippen LogP contribution is 2.25. The lowest BCUT2D eigenvalue weighted by molar-refractivity contribution is 0.0456. The van der Waals surface area contributed by atoms with Crippen molar-refractivity contribution < 1.29 is 50.5 Å². The molecule has 0 saturated carbocycles. The molecule has 2 rings (SSSR count). The summed E-state index contributed by atoms with van der Waals surface area (Å²) in [7, 11) is -6.55. The molecule has 0 aliphatic rings. The van der Waals surface area contributed by atoms with Crippen LogP contribution in [-0.4, -0.2) is 83.6 Å². The molecule has 0 aromatic carbocycles. The fraction of sp³-hybridized carbons (Fsp3) is 0.686. The lowest BCUT2D eigenvalue weighted by atomic mass is 9.87. The molecule has 2 amide bonds. The number of sulfonamides is 2. The van der Waals surface area contributed by atoms with Crippen LogP contribution < -0.4 is 20.1 Å². The molecule has 314 valence electrons. The number of hydrogen-bond acceptors (Lipinski definition) is 13. The number of rotatable bonds is 12. The van der Waals surface area contributed by atoms with Gasteiger partial charge in [0.1, 0.15) is 21.0 Å². The van der Waals surface area contributed by atoms with Crippen molar-refractivity contribution >= 4 is 60.9 Å². The number of amides is 2. The van der Waals surface area contributed by atoms with Crippen LogP contribution in [0.25, 0.3) is 0 Å². The van der Waals surface area contributed by atoms with Gasteiger partial charge in [0.25, 0.3) is 0 Å². The smallest absolute Gasteiger partial charge is 0.407 e. The molecule has 2 heterocycles. The summed E-state index contributed by atoms with van der Waals surface area (Å²) in [5.41, 5.74) is -2.15. The van der Waals surface area contributed by atoms with Crippen LogP contribution >= 0.6 is 22.7 Å². The number of esters is 1. The molecule has 0 aliphatic heterocycles. The lowest BCUT2D eigenvalue weighted by Crippen LogP contribution is -2.51. The van der Waals surface area contributed by atoms with Crippen LogP contribution in [0.2, 0.25) is 0 Å². The molecule has 0 saturated heterocycles. The zero-order valence-electron chi connectivity index (χ0n) is 32.2. The highest BCUT2D eigenvalue weighted by Gasteiger charge is 2.33. The van der Waals surface area contributed by atoms with E-state index in [1.807, 2.05) is 41.5 Å². The predicted octanol–water partition coefficient (Wildman–Crippen LogP) is 6.48. The first-order valence-corrected chi connectivity index (χ1v) is 21.0. The van der Waals surface area contributed by atoms with Crippen molar-refractivity contribution in [1.29, 1.82) is 0 Å². The number of hydrogen-bond donors (Lipinski definition) is 5. The third kappa shape index (κ3) is 18.2. The molecule has 0 aliphatic carbocycles. The zero-order chi connectivity index (χ0) is 40.5. The standard InChI is InChI=1S/C17H28N2O6S2.C16H28N2O5S2.2CH4/c1-16(2,3)12(19-15(21)25-17(4,5)6)10-18-27(22,23)11-8-9-26-13(11)14(20)24-7;1-15(2,3)13(18-14(20)23-16(4,5)6)9-17-25(21,22)12-7-8-24-11(12)10-19;;/h8-9,12,18H,10H2,1-7H3,(H,19,21);7-8,13,17,19H,9-10H2,1-6H3,(H,18,20);2*1H4/t12-;13-;;/m11../s1. The van der Waals surface area contributed by atoms with Crippen LogP contribution in [0.4, 0.5) is 9.59 Å². The Hall–Kier alpha value is -2.81. The Bertz CT molecular complexity index is 1710. The van der Waals surface area contributed by atoms with Gasteiger partial charge in [-0.05, 0) is 75.3 Å². The van der Waals surface area contributed by atoms with Crippen molar-refractivity contribution in [3.8, 4) is 0 Å². The number of alkyl carbamates (subject to hydrolysis) is 2. The first-order chi connectivity index (χ1) is 23.4. The quantitative estimate of drug-likeness (QED) is 0.115. The maximum Gasteiger partial charge on any atom is 0.407 e. The van der Waals surface area contributed by atoms with Gasteiger partial charge in [0.05, 0.1) is 30.7 Å². The Morgan fingerprint density at radius 1 is 0.685 bits per heavy atom. The Morgan fingerprint density at radius 2 is 1.06 bits per heavy atom. The fourth-order valence-corrected chi connectivity index (χ4v) is 8.74. The van der Waals surface area contributed by atoms with Crippen molar-refractivity contribution in [3.05, 3.63) is 32.6 Å². The van der Waals surface area contributed by atoms with E-state index >= 15 is 0 Å². The largest absolute Gasteiger partial charge is 0.465 e. The van der Waals surface area contributed by atoms with Gasteiger partial charge in [-0.2, -0.15) is 0 Å². The summed E-state index contributed by atoms with van der Waals surface area (Å²) >= 11 is 2.16. The van der Waals surface area contributed by atoms with Gasteiger partial charge in [-0.25, -0.2) is 40.7 Å². The van der Waals surface area contributed by atoms with E-state index in [1.54, 1.807) is 46.9 Å². The van der Waals surface area contributed by atoms with Crippen LogP contribution in [0.1, 0.15) is 112 Å². The second-order valence-electron chi connectivity index (χ2n) is 15.8. The molecule has 2 atom stereocenters. The molecular weight excluding hydrogens is 781 g/mol. The molecule has 0 fully saturated rings. The van der Waals surface area contributed by atoms with Crippen LogP contribution in [0.3, 0.4) is 0 Å². The molecule has 54 heavy (non-hydrogen) atoms. The second-order valence-corrected chi connectivity index (χ2v) is 21.2. The lowest BCUT2D eigenvalue weighted by Gasteiger charge is -2.32. The first-order valence-electron chi connectivity index (χ1n) is 16.2. The van der Waals surface area contributed by atoms with E-state index in [0.717, 1.165) is 11.3 Å². The summed E-state index contributed by atoms with van der Waals surface area (Å²) in [6.07, 6.45) is -1.23. The summed E-state index contributed by atoms with van der Waals surface area (Å²) in [5.74, 6) is -0.718. The van der Waals surface area contributed by atoms with Crippen molar-refractivity contribution in [3.63, 3.8) is 0 Å². The zero-order valence-corrected chi connectivity index (χ0v) is 35.5. The SMILES string of the molecule is C.C.CC(C)(C)OC(=O)N[C@H](CNS(=O)(=O)c1ccsc1CO)C(C)(C)C.COC(=O)c1sccc1S(=O)(=O)NC[C@@H](NC(=O)OC(C)(C)C)C(C)(C)C. The number of thiophene rings is 2. The van der Waals surface area contributed by atoms with Crippen LogP contribution in [-0.2, 0) is 40.9 Å². The van der Waals surface area contributed by atoms with E-state index in [1.165, 1.54) is 36.0 Å². The number of ether oxygens (including phenoxy) is 3. The van der Waals surface area contributed by atoms with E-state index < -0.39 is 72.3 Å². The summed E-state index contributed by atoms with van der Waals surface area (Å²) in [6.45, 7) is 21.4. The van der Waals surface area contributed by atoms with Crippen molar-refractivity contribution in [1.82, 2.24) is 20.1 Å². The number of methoxy groups -OCH3 is 1. The number of carbonyl (C=O) groups excluding carboxylic acids is 3. The Morgan fingerprint density at radius 3 is 1.41 bits per heavy atom. The van der Waals surface area contributed by atoms with Gasteiger partial charge in [0, 0.05) is 18.0 Å². The number of nitrogens with one attached hydrogen (secondary N) is 4. The van der Waals surface area contributed by atoms with E-state index in [-0.39, 0.29) is 49.2 Å². The molecular formula is C35H64N4O11S4. The number of carbonyl (C=O) groups is 3. The number of aliphatic hydroxyl groups is 1.